The van der Waals surface area contributed by atoms with E-state index in [2.05, 4.69) is 15.9 Å². The van der Waals surface area contributed by atoms with Crippen LogP contribution in [0.5, 0.6) is 5.75 Å². The van der Waals surface area contributed by atoms with Crippen molar-refractivity contribution in [2.45, 2.75) is 12.5 Å². The van der Waals surface area contributed by atoms with E-state index in [0.717, 1.165) is 22.2 Å². The lowest BCUT2D eigenvalue weighted by atomic mass is 9.98. The third-order valence-electron chi connectivity index (χ3n) is 3.03. The van der Waals surface area contributed by atoms with Crippen molar-refractivity contribution in [3.05, 3.63) is 63.6 Å². The van der Waals surface area contributed by atoms with Crippen LogP contribution in [0.4, 0.5) is 8.78 Å². The number of rotatable bonds is 4. The molecule has 2 N–H and O–H groups in total. The molecule has 0 spiro atoms. The first-order valence-corrected chi connectivity index (χ1v) is 6.83. The van der Waals surface area contributed by atoms with Gasteiger partial charge in [0.1, 0.15) is 17.4 Å². The van der Waals surface area contributed by atoms with E-state index in [4.69, 9.17) is 10.5 Å². The van der Waals surface area contributed by atoms with Gasteiger partial charge in [-0.15, -0.1) is 0 Å². The van der Waals surface area contributed by atoms with Gasteiger partial charge in [-0.05, 0) is 24.1 Å². The third-order valence-corrected chi connectivity index (χ3v) is 3.56. The molecule has 2 rings (SSSR count). The van der Waals surface area contributed by atoms with Crippen LogP contribution in [0.3, 0.4) is 0 Å². The summed E-state index contributed by atoms with van der Waals surface area (Å²) < 4.78 is 33.6. The molecule has 0 fully saturated rings. The van der Waals surface area contributed by atoms with E-state index in [-0.39, 0.29) is 11.3 Å². The van der Waals surface area contributed by atoms with Crippen LogP contribution >= 0.6 is 15.9 Å². The Labute approximate surface area is 124 Å². The van der Waals surface area contributed by atoms with Gasteiger partial charge >= 0.3 is 0 Å². The van der Waals surface area contributed by atoms with Gasteiger partial charge in [-0.3, -0.25) is 0 Å². The number of nitrogens with two attached hydrogens (primary N) is 1. The van der Waals surface area contributed by atoms with Crippen LogP contribution in [0.25, 0.3) is 0 Å². The van der Waals surface area contributed by atoms with E-state index < -0.39 is 17.7 Å². The molecule has 0 aromatic heterocycles. The summed E-state index contributed by atoms with van der Waals surface area (Å²) in [6, 6.07) is 8.99. The number of methoxy groups -OCH3 is 1. The minimum absolute atomic E-state index is 0.117. The highest BCUT2D eigenvalue weighted by Gasteiger charge is 2.18. The van der Waals surface area contributed by atoms with Gasteiger partial charge in [0.25, 0.3) is 0 Å². The average Bonchev–Trinajstić information content (AvgIpc) is 2.40. The van der Waals surface area contributed by atoms with Gasteiger partial charge in [-0.2, -0.15) is 0 Å². The molecule has 2 aromatic rings. The zero-order valence-electron chi connectivity index (χ0n) is 10.9. The Hall–Kier alpha value is -1.46. The topological polar surface area (TPSA) is 35.2 Å². The smallest absolute Gasteiger partial charge is 0.134 e. The first kappa shape index (κ1) is 14.9. The molecular formula is C15H14BrF2NO. The van der Waals surface area contributed by atoms with Crippen molar-refractivity contribution in [2.24, 2.45) is 5.73 Å². The van der Waals surface area contributed by atoms with Crippen molar-refractivity contribution >= 4 is 15.9 Å². The zero-order valence-corrected chi connectivity index (χ0v) is 12.5. The molecule has 1 atom stereocenters. The van der Waals surface area contributed by atoms with Crippen LogP contribution in [0.2, 0.25) is 0 Å². The largest absolute Gasteiger partial charge is 0.497 e. The number of hydrogen-bond donors (Lipinski definition) is 1. The van der Waals surface area contributed by atoms with Gasteiger partial charge < -0.3 is 10.5 Å². The summed E-state index contributed by atoms with van der Waals surface area (Å²) in [5.41, 5.74) is 6.72. The van der Waals surface area contributed by atoms with Crippen LogP contribution in [-0.4, -0.2) is 7.11 Å². The summed E-state index contributed by atoms with van der Waals surface area (Å²) >= 11 is 3.33. The molecule has 0 aliphatic carbocycles. The second-order valence-corrected chi connectivity index (χ2v) is 5.36. The fourth-order valence-electron chi connectivity index (χ4n) is 2.01. The molecule has 20 heavy (non-hydrogen) atoms. The predicted octanol–water partition coefficient (Wildman–Crippen LogP) is 3.98. The Morgan fingerprint density at radius 3 is 2.20 bits per heavy atom. The zero-order chi connectivity index (χ0) is 14.7. The van der Waals surface area contributed by atoms with Crippen molar-refractivity contribution in [3.8, 4) is 5.75 Å². The fraction of sp³-hybridized carbons (Fsp3) is 0.200. The number of benzene rings is 2. The van der Waals surface area contributed by atoms with E-state index in [1.807, 2.05) is 24.3 Å². The van der Waals surface area contributed by atoms with Gasteiger partial charge in [0.05, 0.1) is 7.11 Å². The van der Waals surface area contributed by atoms with Crippen molar-refractivity contribution < 1.29 is 13.5 Å². The van der Waals surface area contributed by atoms with Gasteiger partial charge in [-0.25, -0.2) is 8.78 Å². The lowest BCUT2D eigenvalue weighted by Gasteiger charge is -2.15. The maximum absolute atomic E-state index is 13.9. The molecule has 0 saturated heterocycles. The van der Waals surface area contributed by atoms with E-state index in [1.54, 1.807) is 0 Å². The second kappa shape index (κ2) is 6.33. The van der Waals surface area contributed by atoms with Crippen molar-refractivity contribution in [3.63, 3.8) is 0 Å². The summed E-state index contributed by atoms with van der Waals surface area (Å²) in [6.07, 6.45) is 0.355. The van der Waals surface area contributed by atoms with Crippen molar-refractivity contribution in [1.82, 2.24) is 0 Å². The van der Waals surface area contributed by atoms with Crippen LogP contribution in [0.15, 0.2) is 40.9 Å². The quantitative estimate of drug-likeness (QED) is 0.912. The van der Waals surface area contributed by atoms with Crippen LogP contribution in [0.1, 0.15) is 17.2 Å². The van der Waals surface area contributed by atoms with E-state index in [0.29, 0.717) is 6.42 Å². The highest BCUT2D eigenvalue weighted by Crippen LogP contribution is 2.26. The molecule has 2 nitrogen and oxygen atoms in total. The molecule has 2 aromatic carbocycles. The minimum Gasteiger partial charge on any atom is -0.497 e. The maximum atomic E-state index is 13.9. The lowest BCUT2D eigenvalue weighted by Crippen LogP contribution is -2.17. The fourth-order valence-corrected chi connectivity index (χ4v) is 2.27. The van der Waals surface area contributed by atoms with Gasteiger partial charge in [0.2, 0.25) is 0 Å². The molecular weight excluding hydrogens is 328 g/mol. The monoisotopic (exact) mass is 341 g/mol. The maximum Gasteiger partial charge on any atom is 0.134 e. The standard InChI is InChI=1S/C15H14BrF2NO/c1-20-11-7-12(17)15(13(18)8-11)14(19)6-9-2-4-10(16)5-3-9/h2-5,7-8,14H,6,19H2,1H3. The number of ether oxygens (including phenoxy) is 1. The predicted molar refractivity (Wildman–Crippen MR) is 77.7 cm³/mol. The molecule has 0 heterocycles. The summed E-state index contributed by atoms with van der Waals surface area (Å²) in [7, 11) is 1.36. The first-order chi connectivity index (χ1) is 9.51. The van der Waals surface area contributed by atoms with Gasteiger partial charge in [0, 0.05) is 28.2 Å². The summed E-state index contributed by atoms with van der Waals surface area (Å²) in [5.74, 6) is -1.24. The lowest BCUT2D eigenvalue weighted by molar-refractivity contribution is 0.403. The molecule has 0 saturated carbocycles. The number of halogens is 3. The molecule has 0 aliphatic heterocycles. The van der Waals surface area contributed by atoms with Crippen LogP contribution in [-0.2, 0) is 6.42 Å². The molecule has 5 heteroatoms. The minimum atomic E-state index is -0.748. The molecule has 0 aliphatic rings. The van der Waals surface area contributed by atoms with E-state index >= 15 is 0 Å². The Morgan fingerprint density at radius 2 is 1.70 bits per heavy atom. The molecule has 106 valence electrons. The Balaban J connectivity index is 2.25. The van der Waals surface area contributed by atoms with Crippen molar-refractivity contribution in [2.75, 3.05) is 7.11 Å². The van der Waals surface area contributed by atoms with Gasteiger partial charge in [0.15, 0.2) is 0 Å². The van der Waals surface area contributed by atoms with Crippen LogP contribution < -0.4 is 10.5 Å². The molecule has 1 unspecified atom stereocenters. The SMILES string of the molecule is COc1cc(F)c(C(N)Cc2ccc(Br)cc2)c(F)c1. The Kier molecular flexibility index (Phi) is 4.73. The molecule has 0 radical (unpaired) electrons. The third kappa shape index (κ3) is 3.35. The highest BCUT2D eigenvalue weighted by atomic mass is 79.9. The molecule has 0 amide bonds. The second-order valence-electron chi connectivity index (χ2n) is 4.44. The van der Waals surface area contributed by atoms with Crippen LogP contribution in [0, 0.1) is 11.6 Å². The van der Waals surface area contributed by atoms with Gasteiger partial charge in [-0.1, -0.05) is 28.1 Å². The average molecular weight is 342 g/mol. The normalized spacial score (nSPS) is 12.2. The number of hydrogen-bond acceptors (Lipinski definition) is 2. The summed E-state index contributed by atoms with van der Waals surface area (Å²) in [4.78, 5) is 0. The van der Waals surface area contributed by atoms with E-state index in [9.17, 15) is 8.78 Å². The molecule has 0 bridgehead atoms. The summed E-state index contributed by atoms with van der Waals surface area (Å²) in [6.45, 7) is 0. The Bertz CT molecular complexity index is 578. The highest BCUT2D eigenvalue weighted by molar-refractivity contribution is 9.10. The first-order valence-electron chi connectivity index (χ1n) is 6.04. The van der Waals surface area contributed by atoms with Crippen molar-refractivity contribution in [1.29, 1.82) is 0 Å². The summed E-state index contributed by atoms with van der Waals surface area (Å²) in [5, 5.41) is 0. The Morgan fingerprint density at radius 1 is 1.15 bits per heavy atom. The van der Waals surface area contributed by atoms with E-state index in [1.165, 1.54) is 7.11 Å².